The minimum atomic E-state index is -3.63. The molecular formula is C37H42N2O5S. The number of likely N-dealkylation sites (tertiary alicyclic amines) is 1. The fraction of sp³-hybridized carbons (Fsp3) is 0.351. The standard InChI is InChI=1S/C37H42N2O5S/c1-27-35(25-39-22-8-3-9-23-39)43-37(44-36(27)30-16-14-28(26-40)15-17-30)31-20-18-29(19-21-31)34-13-7-6-10-32(34)24-38-45(41,42)33-11-4-2-5-12-33/h2,4-7,10-21,27,35-38,40H,3,8-9,22-26H2,1H3/t27-,35+,36+,37+/m1/s1. The molecule has 0 saturated carbocycles. The zero-order valence-corrected chi connectivity index (χ0v) is 26.5. The molecule has 6 rings (SSSR count). The molecule has 4 aromatic rings. The average Bonchev–Trinajstić information content (AvgIpc) is 3.09. The lowest BCUT2D eigenvalue weighted by atomic mass is 9.89. The molecule has 0 radical (unpaired) electrons. The first-order valence-electron chi connectivity index (χ1n) is 15.9. The summed E-state index contributed by atoms with van der Waals surface area (Å²) >= 11 is 0. The van der Waals surface area contributed by atoms with Crippen LogP contribution in [-0.4, -0.2) is 44.2 Å². The minimum absolute atomic E-state index is 0.00223. The highest BCUT2D eigenvalue weighted by molar-refractivity contribution is 7.89. The van der Waals surface area contributed by atoms with Crippen LogP contribution >= 0.6 is 0 Å². The number of rotatable bonds is 10. The van der Waals surface area contributed by atoms with Gasteiger partial charge in [0.25, 0.3) is 0 Å². The predicted octanol–water partition coefficient (Wildman–Crippen LogP) is 6.60. The third-order valence-electron chi connectivity index (χ3n) is 9.03. The summed E-state index contributed by atoms with van der Waals surface area (Å²) in [7, 11) is -3.63. The van der Waals surface area contributed by atoms with E-state index >= 15 is 0 Å². The van der Waals surface area contributed by atoms with Crippen LogP contribution in [-0.2, 0) is 32.6 Å². The number of nitrogens with zero attached hydrogens (tertiary/aromatic N) is 1. The van der Waals surface area contributed by atoms with Gasteiger partial charge in [-0.3, -0.25) is 0 Å². The molecule has 8 heteroatoms. The van der Waals surface area contributed by atoms with Gasteiger partial charge in [-0.25, -0.2) is 13.1 Å². The molecule has 0 aromatic heterocycles. The van der Waals surface area contributed by atoms with Gasteiger partial charge in [0.1, 0.15) is 0 Å². The van der Waals surface area contributed by atoms with Crippen molar-refractivity contribution >= 4 is 10.0 Å². The highest BCUT2D eigenvalue weighted by Gasteiger charge is 2.39. The van der Waals surface area contributed by atoms with E-state index in [2.05, 4.69) is 40.8 Å². The van der Waals surface area contributed by atoms with Gasteiger partial charge in [0.05, 0.1) is 23.7 Å². The number of piperidine rings is 1. The van der Waals surface area contributed by atoms with E-state index in [1.807, 2.05) is 48.5 Å². The Bertz CT molecular complexity index is 1640. The van der Waals surface area contributed by atoms with E-state index in [9.17, 15) is 13.5 Å². The second-order valence-electron chi connectivity index (χ2n) is 12.1. The largest absolute Gasteiger partial charge is 0.392 e. The van der Waals surface area contributed by atoms with E-state index in [4.69, 9.17) is 9.47 Å². The van der Waals surface area contributed by atoms with Gasteiger partial charge in [-0.1, -0.05) is 104 Å². The molecule has 45 heavy (non-hydrogen) atoms. The number of hydrogen-bond donors (Lipinski definition) is 2. The second kappa shape index (κ2) is 14.4. The summed E-state index contributed by atoms with van der Waals surface area (Å²) in [5, 5.41) is 9.55. The van der Waals surface area contributed by atoms with Gasteiger partial charge in [-0.05, 0) is 65.9 Å². The van der Waals surface area contributed by atoms with Crippen molar-refractivity contribution in [1.29, 1.82) is 0 Å². The van der Waals surface area contributed by atoms with Crippen LogP contribution in [0.25, 0.3) is 11.1 Å². The monoisotopic (exact) mass is 626 g/mol. The van der Waals surface area contributed by atoms with Crippen molar-refractivity contribution in [2.75, 3.05) is 19.6 Å². The van der Waals surface area contributed by atoms with Crippen LogP contribution < -0.4 is 4.72 Å². The lowest BCUT2D eigenvalue weighted by molar-refractivity contribution is -0.276. The second-order valence-corrected chi connectivity index (χ2v) is 13.9. The van der Waals surface area contributed by atoms with Crippen LogP contribution in [0.4, 0.5) is 0 Å². The molecule has 2 fully saturated rings. The van der Waals surface area contributed by atoms with Crippen molar-refractivity contribution in [2.45, 2.75) is 62.7 Å². The third kappa shape index (κ3) is 7.55. The Morgan fingerprint density at radius 1 is 0.800 bits per heavy atom. The number of nitrogens with one attached hydrogen (secondary N) is 1. The zero-order chi connectivity index (χ0) is 31.2. The highest BCUT2D eigenvalue weighted by Crippen LogP contribution is 2.42. The van der Waals surface area contributed by atoms with E-state index in [0.717, 1.165) is 53.0 Å². The summed E-state index contributed by atoms with van der Waals surface area (Å²) in [4.78, 5) is 2.76. The molecule has 0 bridgehead atoms. The van der Waals surface area contributed by atoms with E-state index in [0.29, 0.717) is 0 Å². The van der Waals surface area contributed by atoms with E-state index < -0.39 is 16.3 Å². The van der Waals surface area contributed by atoms with E-state index in [-0.39, 0.29) is 36.2 Å². The molecule has 0 unspecified atom stereocenters. The van der Waals surface area contributed by atoms with Crippen LogP contribution in [0.2, 0.25) is 0 Å². The maximum atomic E-state index is 12.9. The van der Waals surface area contributed by atoms with Gasteiger partial charge in [0, 0.05) is 24.6 Å². The number of hydrogen-bond acceptors (Lipinski definition) is 6. The van der Waals surface area contributed by atoms with Crippen molar-refractivity contribution in [1.82, 2.24) is 9.62 Å². The minimum Gasteiger partial charge on any atom is -0.392 e. The number of aliphatic hydroxyl groups is 1. The molecule has 0 aliphatic carbocycles. The third-order valence-corrected chi connectivity index (χ3v) is 10.4. The summed E-state index contributed by atoms with van der Waals surface area (Å²) in [6, 6.07) is 32.5. The summed E-state index contributed by atoms with van der Waals surface area (Å²) in [6.45, 7) is 5.47. The van der Waals surface area contributed by atoms with Gasteiger partial charge in [-0.15, -0.1) is 0 Å². The van der Waals surface area contributed by atoms with Crippen LogP contribution in [0.15, 0.2) is 108 Å². The molecule has 2 N–H and O–H groups in total. The Kier molecular flexibility index (Phi) is 10.1. The molecule has 2 saturated heterocycles. The molecule has 0 amide bonds. The number of aliphatic hydroxyl groups excluding tert-OH is 1. The fourth-order valence-electron chi connectivity index (χ4n) is 6.36. The quantitative estimate of drug-likeness (QED) is 0.206. The van der Waals surface area contributed by atoms with Crippen LogP contribution in [0, 0.1) is 5.92 Å². The van der Waals surface area contributed by atoms with Crippen LogP contribution in [0.3, 0.4) is 0 Å². The smallest absolute Gasteiger partial charge is 0.240 e. The summed E-state index contributed by atoms with van der Waals surface area (Å²) < 4.78 is 41.8. The summed E-state index contributed by atoms with van der Waals surface area (Å²) in [5.74, 6) is 0.147. The van der Waals surface area contributed by atoms with Gasteiger partial charge < -0.3 is 19.5 Å². The molecule has 0 spiro atoms. The van der Waals surface area contributed by atoms with Crippen molar-refractivity contribution in [3.63, 3.8) is 0 Å². The van der Waals surface area contributed by atoms with Gasteiger partial charge >= 0.3 is 0 Å². The maximum absolute atomic E-state index is 12.9. The first kappa shape index (κ1) is 31.6. The Labute approximate surface area is 266 Å². The van der Waals surface area contributed by atoms with Crippen LogP contribution in [0.5, 0.6) is 0 Å². The van der Waals surface area contributed by atoms with Crippen LogP contribution in [0.1, 0.15) is 60.8 Å². The summed E-state index contributed by atoms with van der Waals surface area (Å²) in [5.41, 5.74) is 5.73. The number of sulfonamides is 1. The van der Waals surface area contributed by atoms with Crippen molar-refractivity contribution in [3.8, 4) is 11.1 Å². The van der Waals surface area contributed by atoms with E-state index in [1.54, 1.807) is 30.3 Å². The molecule has 2 aliphatic heterocycles. The Morgan fingerprint density at radius 3 is 2.18 bits per heavy atom. The molecule has 2 aliphatic rings. The molecule has 236 valence electrons. The summed E-state index contributed by atoms with van der Waals surface area (Å²) in [6.07, 6.45) is 3.07. The molecule has 2 heterocycles. The Balaban J connectivity index is 1.22. The van der Waals surface area contributed by atoms with E-state index in [1.165, 1.54) is 19.3 Å². The average molecular weight is 627 g/mol. The van der Waals surface area contributed by atoms with Crippen molar-refractivity contribution in [3.05, 3.63) is 125 Å². The van der Waals surface area contributed by atoms with Gasteiger partial charge in [0.15, 0.2) is 6.29 Å². The molecule has 4 atom stereocenters. The lowest BCUT2D eigenvalue weighted by Crippen LogP contribution is -2.45. The van der Waals surface area contributed by atoms with Crippen molar-refractivity contribution < 1.29 is 23.0 Å². The Hall–Kier alpha value is -3.37. The molecule has 7 nitrogen and oxygen atoms in total. The first-order valence-corrected chi connectivity index (χ1v) is 17.4. The van der Waals surface area contributed by atoms with Crippen molar-refractivity contribution in [2.24, 2.45) is 5.92 Å². The number of benzene rings is 4. The van der Waals surface area contributed by atoms with Gasteiger partial charge in [0.2, 0.25) is 10.0 Å². The number of ether oxygens (including phenoxy) is 2. The SMILES string of the molecule is C[C@@H]1[C@H](CN2CCCCC2)O[C@H](c2ccc(-c3ccccc3CNS(=O)(=O)c3ccccc3)cc2)O[C@@H]1c1ccc(CO)cc1. The fourth-order valence-corrected chi connectivity index (χ4v) is 7.38. The van der Waals surface area contributed by atoms with Gasteiger partial charge in [-0.2, -0.15) is 0 Å². The zero-order valence-electron chi connectivity index (χ0n) is 25.7. The molecular weight excluding hydrogens is 584 g/mol. The lowest BCUT2D eigenvalue weighted by Gasteiger charge is -2.43. The topological polar surface area (TPSA) is 88.1 Å². The Morgan fingerprint density at radius 2 is 1.47 bits per heavy atom. The highest BCUT2D eigenvalue weighted by atomic mass is 32.2. The first-order chi connectivity index (χ1) is 21.9. The molecule has 4 aromatic carbocycles. The normalized spacial score (nSPS) is 22.7. The maximum Gasteiger partial charge on any atom is 0.240 e. The predicted molar refractivity (Wildman–Crippen MR) is 176 cm³/mol.